The zero-order valence-electron chi connectivity index (χ0n) is 20.2. The van der Waals surface area contributed by atoms with Gasteiger partial charge in [-0.15, -0.1) is 0 Å². The summed E-state index contributed by atoms with van der Waals surface area (Å²) in [5.74, 6) is 1.75. The number of hydrogen-bond acceptors (Lipinski definition) is 3. The number of rotatable bonds is 11. The van der Waals surface area contributed by atoms with Gasteiger partial charge in [0.25, 0.3) is 0 Å². The van der Waals surface area contributed by atoms with E-state index in [0.717, 1.165) is 44.1 Å². The Morgan fingerprint density at radius 2 is 1.66 bits per heavy atom. The zero-order valence-corrected chi connectivity index (χ0v) is 20.2. The molecule has 164 valence electrons. The quantitative estimate of drug-likeness (QED) is 0.276. The standard InChI is InChI=1S/C26H44N2O/c1-9-10-11-26(29)25(17-27)23-14-20(6)15-24(16-23)28(21(7)12-18(2)3)22(8)13-19(4)5/h16,18-22H,9-15H2,1-8H3/b25-23-. The number of allylic oxidation sites excluding steroid dienone is 4. The summed E-state index contributed by atoms with van der Waals surface area (Å²) in [6.07, 6.45) is 8.65. The highest BCUT2D eigenvalue weighted by molar-refractivity contribution is 6.00. The van der Waals surface area contributed by atoms with Gasteiger partial charge in [-0.25, -0.2) is 0 Å². The lowest BCUT2D eigenvalue weighted by atomic mass is 9.84. The molecular weight excluding hydrogens is 356 g/mol. The summed E-state index contributed by atoms with van der Waals surface area (Å²) in [4.78, 5) is 15.2. The van der Waals surface area contributed by atoms with Crippen LogP contribution in [0.25, 0.3) is 0 Å². The molecule has 0 saturated heterocycles. The first-order chi connectivity index (χ1) is 13.6. The molecule has 1 aliphatic rings. The van der Waals surface area contributed by atoms with Crippen molar-refractivity contribution in [2.24, 2.45) is 17.8 Å². The van der Waals surface area contributed by atoms with Crippen molar-refractivity contribution >= 4 is 5.78 Å². The molecule has 0 amide bonds. The summed E-state index contributed by atoms with van der Waals surface area (Å²) in [6, 6.07) is 3.14. The average molecular weight is 401 g/mol. The van der Waals surface area contributed by atoms with E-state index in [9.17, 15) is 10.1 Å². The molecule has 0 fully saturated rings. The van der Waals surface area contributed by atoms with E-state index >= 15 is 0 Å². The Balaban J connectivity index is 3.35. The van der Waals surface area contributed by atoms with Crippen molar-refractivity contribution < 1.29 is 4.79 Å². The molecule has 0 heterocycles. The van der Waals surface area contributed by atoms with E-state index in [1.165, 1.54) is 5.70 Å². The Morgan fingerprint density at radius 3 is 2.10 bits per heavy atom. The van der Waals surface area contributed by atoms with Crippen LogP contribution in [0, 0.1) is 29.1 Å². The van der Waals surface area contributed by atoms with Crippen LogP contribution < -0.4 is 0 Å². The van der Waals surface area contributed by atoms with Gasteiger partial charge in [0, 0.05) is 24.2 Å². The maximum atomic E-state index is 12.7. The van der Waals surface area contributed by atoms with Crippen LogP contribution in [0.1, 0.15) is 100 Å². The van der Waals surface area contributed by atoms with Gasteiger partial charge in [-0.05, 0) is 75.4 Å². The molecule has 1 aliphatic carbocycles. The van der Waals surface area contributed by atoms with Gasteiger partial charge in [0.1, 0.15) is 6.07 Å². The number of ketones is 1. The lowest BCUT2D eigenvalue weighted by Gasteiger charge is -2.42. The molecule has 0 aliphatic heterocycles. The molecule has 0 aromatic heterocycles. The van der Waals surface area contributed by atoms with Crippen molar-refractivity contribution in [1.29, 1.82) is 5.26 Å². The normalized spacial score (nSPS) is 20.9. The molecule has 3 atom stereocenters. The third-order valence-corrected chi connectivity index (χ3v) is 5.84. The second-order valence-corrected chi connectivity index (χ2v) is 10.1. The van der Waals surface area contributed by atoms with E-state index in [1.807, 2.05) is 0 Å². The highest BCUT2D eigenvalue weighted by Gasteiger charge is 2.29. The van der Waals surface area contributed by atoms with Crippen molar-refractivity contribution in [3.8, 4) is 6.07 Å². The van der Waals surface area contributed by atoms with Crippen molar-refractivity contribution in [3.63, 3.8) is 0 Å². The lowest BCUT2D eigenvalue weighted by Crippen LogP contribution is -2.42. The first-order valence-electron chi connectivity index (χ1n) is 11.8. The van der Waals surface area contributed by atoms with Gasteiger partial charge in [0.2, 0.25) is 0 Å². The van der Waals surface area contributed by atoms with Crippen LogP contribution in [0.2, 0.25) is 0 Å². The number of unbranched alkanes of at least 4 members (excludes halogenated alkanes) is 1. The molecule has 0 aromatic carbocycles. The van der Waals surface area contributed by atoms with Gasteiger partial charge in [-0.3, -0.25) is 4.79 Å². The SMILES string of the molecule is CCCCC(=O)/C(C#N)=C1\C=C(N(C(C)CC(C)C)C(C)CC(C)C)CC(C)C1. The topological polar surface area (TPSA) is 44.1 Å². The molecule has 0 aromatic rings. The van der Waals surface area contributed by atoms with Crippen molar-refractivity contribution in [1.82, 2.24) is 4.90 Å². The predicted octanol–water partition coefficient (Wildman–Crippen LogP) is 7.05. The maximum absolute atomic E-state index is 12.7. The van der Waals surface area contributed by atoms with E-state index in [0.29, 0.717) is 41.8 Å². The maximum Gasteiger partial charge on any atom is 0.173 e. The van der Waals surface area contributed by atoms with E-state index in [-0.39, 0.29) is 5.78 Å². The second-order valence-electron chi connectivity index (χ2n) is 10.1. The van der Waals surface area contributed by atoms with Crippen molar-refractivity contribution in [3.05, 3.63) is 22.9 Å². The van der Waals surface area contributed by atoms with E-state index < -0.39 is 0 Å². The molecule has 29 heavy (non-hydrogen) atoms. The first kappa shape index (κ1) is 25.5. The van der Waals surface area contributed by atoms with Crippen LogP contribution in [0.3, 0.4) is 0 Å². The van der Waals surface area contributed by atoms with Crippen LogP contribution in [-0.2, 0) is 4.79 Å². The number of hydrogen-bond donors (Lipinski definition) is 0. The van der Waals surface area contributed by atoms with Crippen molar-refractivity contribution in [2.75, 3.05) is 0 Å². The molecule has 0 radical (unpaired) electrons. The van der Waals surface area contributed by atoms with Crippen LogP contribution in [0.4, 0.5) is 0 Å². The summed E-state index contributed by atoms with van der Waals surface area (Å²) in [6.45, 7) is 18.1. The fourth-order valence-electron chi connectivity index (χ4n) is 4.85. The fraction of sp³-hybridized carbons (Fsp3) is 0.769. The van der Waals surface area contributed by atoms with Gasteiger partial charge in [0.05, 0.1) is 5.57 Å². The number of nitriles is 1. The van der Waals surface area contributed by atoms with Crippen LogP contribution in [0.15, 0.2) is 22.9 Å². The van der Waals surface area contributed by atoms with Crippen LogP contribution in [0.5, 0.6) is 0 Å². The summed E-state index contributed by atoms with van der Waals surface area (Å²) in [5, 5.41) is 9.74. The van der Waals surface area contributed by atoms with Crippen LogP contribution in [-0.4, -0.2) is 22.8 Å². The fourth-order valence-corrected chi connectivity index (χ4v) is 4.85. The third-order valence-electron chi connectivity index (χ3n) is 5.84. The third kappa shape index (κ3) is 8.00. The Labute approximate surface area is 180 Å². The average Bonchev–Trinajstić information content (AvgIpc) is 2.59. The van der Waals surface area contributed by atoms with Gasteiger partial charge < -0.3 is 4.90 Å². The Morgan fingerprint density at radius 1 is 1.10 bits per heavy atom. The molecule has 3 heteroatoms. The van der Waals surface area contributed by atoms with Crippen molar-refractivity contribution in [2.45, 2.75) is 112 Å². The molecule has 3 nitrogen and oxygen atoms in total. The molecule has 3 unspecified atom stereocenters. The largest absolute Gasteiger partial charge is 0.369 e. The number of Topliss-reactive ketones (excluding diaryl/α,β-unsaturated/α-hetero) is 1. The minimum atomic E-state index is 0.0195. The number of carbonyl (C=O) groups excluding carboxylic acids is 1. The Bertz CT molecular complexity index is 620. The smallest absolute Gasteiger partial charge is 0.173 e. The molecular formula is C26H44N2O. The Kier molecular flexibility index (Phi) is 10.7. The monoisotopic (exact) mass is 400 g/mol. The molecule has 0 N–H and O–H groups in total. The molecule has 0 bridgehead atoms. The highest BCUT2D eigenvalue weighted by atomic mass is 16.1. The second kappa shape index (κ2) is 12.2. The predicted molar refractivity (Wildman–Crippen MR) is 123 cm³/mol. The highest BCUT2D eigenvalue weighted by Crippen LogP contribution is 2.35. The van der Waals surface area contributed by atoms with E-state index in [2.05, 4.69) is 72.4 Å². The molecule has 0 saturated carbocycles. The van der Waals surface area contributed by atoms with Crippen LogP contribution >= 0.6 is 0 Å². The zero-order chi connectivity index (χ0) is 22.1. The first-order valence-corrected chi connectivity index (χ1v) is 11.8. The minimum Gasteiger partial charge on any atom is -0.369 e. The van der Waals surface area contributed by atoms with Gasteiger partial charge in [-0.2, -0.15) is 5.26 Å². The summed E-state index contributed by atoms with van der Waals surface area (Å²) in [5.41, 5.74) is 2.67. The minimum absolute atomic E-state index is 0.0195. The Hall–Kier alpha value is -1.56. The number of carbonyl (C=O) groups is 1. The summed E-state index contributed by atoms with van der Waals surface area (Å²) in [7, 11) is 0. The molecule has 1 rings (SSSR count). The van der Waals surface area contributed by atoms with Gasteiger partial charge in [-0.1, -0.05) is 48.0 Å². The van der Waals surface area contributed by atoms with Gasteiger partial charge in [0.15, 0.2) is 5.78 Å². The van der Waals surface area contributed by atoms with E-state index in [1.54, 1.807) is 0 Å². The summed E-state index contributed by atoms with van der Waals surface area (Å²) >= 11 is 0. The lowest BCUT2D eigenvalue weighted by molar-refractivity contribution is -0.115. The summed E-state index contributed by atoms with van der Waals surface area (Å²) < 4.78 is 0. The van der Waals surface area contributed by atoms with Gasteiger partial charge >= 0.3 is 0 Å². The number of nitrogens with zero attached hydrogens (tertiary/aromatic N) is 2. The van der Waals surface area contributed by atoms with E-state index in [4.69, 9.17) is 0 Å². The molecule has 0 spiro atoms.